The van der Waals surface area contributed by atoms with E-state index < -0.39 is 35.8 Å². The Kier molecular flexibility index (Phi) is 8.56. The predicted octanol–water partition coefficient (Wildman–Crippen LogP) is 1.90. The van der Waals surface area contributed by atoms with Gasteiger partial charge >= 0.3 is 24.1 Å². The number of nitrogens with one attached hydrogen (secondary N) is 2. The first-order valence-electron chi connectivity index (χ1n) is 7.29. The van der Waals surface area contributed by atoms with Crippen LogP contribution in [-0.2, 0) is 19.1 Å². The largest absolute Gasteiger partial charge is 0.471 e. The molecular weight excluding hydrogens is 333 g/mol. The molecule has 0 spiro atoms. The van der Waals surface area contributed by atoms with Gasteiger partial charge in [0.25, 0.3) is 0 Å². The number of rotatable bonds is 7. The van der Waals surface area contributed by atoms with Gasteiger partial charge in [-0.05, 0) is 40.0 Å². The van der Waals surface area contributed by atoms with Crippen molar-refractivity contribution in [3.8, 4) is 0 Å². The van der Waals surface area contributed by atoms with E-state index in [-0.39, 0.29) is 25.8 Å². The van der Waals surface area contributed by atoms with Crippen LogP contribution in [0.1, 0.15) is 40.0 Å². The van der Waals surface area contributed by atoms with Gasteiger partial charge in [-0.2, -0.15) is 13.2 Å². The van der Waals surface area contributed by atoms with E-state index in [4.69, 9.17) is 4.74 Å². The predicted molar refractivity (Wildman–Crippen MR) is 78.1 cm³/mol. The van der Waals surface area contributed by atoms with Crippen molar-refractivity contribution in [1.29, 1.82) is 0 Å². The maximum Gasteiger partial charge on any atom is 0.471 e. The fraction of sp³-hybridized carbons (Fsp3) is 0.786. The summed E-state index contributed by atoms with van der Waals surface area (Å²) in [5.41, 5.74) is -0.743. The van der Waals surface area contributed by atoms with Crippen LogP contribution in [0.15, 0.2) is 0 Å². The molecule has 140 valence electrons. The van der Waals surface area contributed by atoms with Crippen LogP contribution >= 0.6 is 0 Å². The van der Waals surface area contributed by atoms with Gasteiger partial charge < -0.3 is 20.1 Å². The standard InChI is InChI=1S/C14H23F3N2O5/c1-13(2,3)24-12(22)19-9(10(20)23-4)7-5-6-8-18-11(21)14(15,16)17/h9H,5-8H2,1-4H3,(H,18,21)(H,19,22)/t9-/m0/s1. The second-order valence-electron chi connectivity index (χ2n) is 5.97. The first kappa shape index (κ1) is 22.0. The van der Waals surface area contributed by atoms with Crippen molar-refractivity contribution in [2.45, 2.75) is 57.9 Å². The average Bonchev–Trinajstić information content (AvgIpc) is 2.41. The van der Waals surface area contributed by atoms with Gasteiger partial charge in [0.15, 0.2) is 0 Å². The number of carbonyl (C=O) groups is 3. The molecule has 0 aromatic heterocycles. The number of ether oxygens (including phenoxy) is 2. The molecule has 10 heteroatoms. The zero-order valence-corrected chi connectivity index (χ0v) is 14.1. The summed E-state index contributed by atoms with van der Waals surface area (Å²) >= 11 is 0. The fourth-order valence-corrected chi connectivity index (χ4v) is 1.62. The first-order valence-corrected chi connectivity index (χ1v) is 7.29. The van der Waals surface area contributed by atoms with Crippen LogP contribution in [0.5, 0.6) is 0 Å². The van der Waals surface area contributed by atoms with Crippen LogP contribution in [0.4, 0.5) is 18.0 Å². The topological polar surface area (TPSA) is 93.7 Å². The number of unbranched alkanes of at least 4 members (excludes halogenated alkanes) is 1. The number of hydrogen-bond donors (Lipinski definition) is 2. The van der Waals surface area contributed by atoms with Crippen LogP contribution in [0.25, 0.3) is 0 Å². The van der Waals surface area contributed by atoms with Gasteiger partial charge in [-0.1, -0.05) is 0 Å². The van der Waals surface area contributed by atoms with Gasteiger partial charge in [0.05, 0.1) is 7.11 Å². The van der Waals surface area contributed by atoms with Crippen LogP contribution in [0.2, 0.25) is 0 Å². The van der Waals surface area contributed by atoms with Crippen LogP contribution < -0.4 is 10.6 Å². The number of amides is 2. The van der Waals surface area contributed by atoms with E-state index in [0.717, 1.165) is 7.11 Å². The minimum Gasteiger partial charge on any atom is -0.467 e. The Morgan fingerprint density at radius 2 is 1.67 bits per heavy atom. The first-order chi connectivity index (χ1) is 10.9. The van der Waals surface area contributed by atoms with Crippen molar-refractivity contribution in [1.82, 2.24) is 10.6 Å². The van der Waals surface area contributed by atoms with Crippen molar-refractivity contribution < 1.29 is 37.0 Å². The molecule has 1 atom stereocenters. The minimum absolute atomic E-state index is 0.133. The monoisotopic (exact) mass is 356 g/mol. The molecule has 0 bridgehead atoms. The van der Waals surface area contributed by atoms with Crippen molar-refractivity contribution in [3.05, 3.63) is 0 Å². The van der Waals surface area contributed by atoms with Gasteiger partial charge in [0.2, 0.25) is 0 Å². The highest BCUT2D eigenvalue weighted by atomic mass is 19.4. The molecule has 2 amide bonds. The lowest BCUT2D eigenvalue weighted by Gasteiger charge is -2.22. The van der Waals surface area contributed by atoms with E-state index in [2.05, 4.69) is 10.1 Å². The lowest BCUT2D eigenvalue weighted by atomic mass is 10.1. The highest BCUT2D eigenvalue weighted by Crippen LogP contribution is 2.14. The van der Waals surface area contributed by atoms with Gasteiger partial charge in [0, 0.05) is 6.54 Å². The third-order valence-electron chi connectivity index (χ3n) is 2.64. The summed E-state index contributed by atoms with van der Waals surface area (Å²) in [5, 5.41) is 4.06. The summed E-state index contributed by atoms with van der Waals surface area (Å²) in [7, 11) is 1.15. The highest BCUT2D eigenvalue weighted by Gasteiger charge is 2.38. The zero-order chi connectivity index (χ0) is 19.0. The molecule has 0 radical (unpaired) electrons. The van der Waals surface area contributed by atoms with Gasteiger partial charge in [-0.3, -0.25) is 4.79 Å². The number of alkyl carbamates (subject to hydrolysis) is 1. The molecule has 2 N–H and O–H groups in total. The van der Waals surface area contributed by atoms with Crippen molar-refractivity contribution in [3.63, 3.8) is 0 Å². The van der Waals surface area contributed by atoms with Gasteiger partial charge in [0.1, 0.15) is 11.6 Å². The molecule has 0 aromatic carbocycles. The summed E-state index contributed by atoms with van der Waals surface area (Å²) in [6.07, 6.45) is -5.11. The summed E-state index contributed by atoms with van der Waals surface area (Å²) in [6.45, 7) is 4.77. The summed E-state index contributed by atoms with van der Waals surface area (Å²) < 4.78 is 45.5. The molecule has 7 nitrogen and oxygen atoms in total. The Morgan fingerprint density at radius 1 is 1.08 bits per heavy atom. The zero-order valence-electron chi connectivity index (χ0n) is 14.1. The number of hydrogen-bond acceptors (Lipinski definition) is 5. The smallest absolute Gasteiger partial charge is 0.467 e. The molecule has 0 aliphatic rings. The molecule has 0 saturated carbocycles. The molecule has 0 aliphatic carbocycles. The van der Waals surface area contributed by atoms with Crippen LogP contribution in [0.3, 0.4) is 0 Å². The maximum absolute atomic E-state index is 12.0. The van der Waals surface area contributed by atoms with Gasteiger partial charge in [-0.25, -0.2) is 9.59 Å². The molecule has 0 heterocycles. The van der Waals surface area contributed by atoms with E-state index in [0.29, 0.717) is 0 Å². The number of methoxy groups -OCH3 is 1. The lowest BCUT2D eigenvalue weighted by molar-refractivity contribution is -0.173. The lowest BCUT2D eigenvalue weighted by Crippen LogP contribution is -2.44. The van der Waals surface area contributed by atoms with Crippen molar-refractivity contribution in [2.75, 3.05) is 13.7 Å². The Labute approximate surface area is 138 Å². The summed E-state index contributed by atoms with van der Waals surface area (Å²) in [6, 6.07) is -0.983. The molecule has 0 unspecified atom stereocenters. The van der Waals surface area contributed by atoms with E-state index in [1.165, 1.54) is 0 Å². The Bertz CT molecular complexity index is 447. The van der Waals surface area contributed by atoms with Crippen molar-refractivity contribution in [2.24, 2.45) is 0 Å². The maximum atomic E-state index is 12.0. The molecule has 0 rings (SSSR count). The summed E-state index contributed by atoms with van der Waals surface area (Å²) in [4.78, 5) is 33.9. The summed E-state index contributed by atoms with van der Waals surface area (Å²) in [5.74, 6) is -2.71. The number of carbonyl (C=O) groups excluding carboxylic acids is 3. The third kappa shape index (κ3) is 9.90. The van der Waals surface area contributed by atoms with Crippen LogP contribution in [-0.4, -0.2) is 49.4 Å². The van der Waals surface area contributed by atoms with Crippen molar-refractivity contribution >= 4 is 18.0 Å². The Balaban J connectivity index is 4.29. The molecule has 0 aromatic rings. The second-order valence-corrected chi connectivity index (χ2v) is 5.97. The molecule has 0 saturated heterocycles. The third-order valence-corrected chi connectivity index (χ3v) is 2.64. The Morgan fingerprint density at radius 3 is 2.12 bits per heavy atom. The van der Waals surface area contributed by atoms with E-state index in [1.807, 2.05) is 0 Å². The molecule has 24 heavy (non-hydrogen) atoms. The fourth-order valence-electron chi connectivity index (χ4n) is 1.62. The van der Waals surface area contributed by atoms with E-state index in [1.54, 1.807) is 26.1 Å². The molecule has 0 fully saturated rings. The number of halogens is 3. The second kappa shape index (κ2) is 9.33. The minimum atomic E-state index is -4.92. The van der Waals surface area contributed by atoms with E-state index >= 15 is 0 Å². The quantitative estimate of drug-likeness (QED) is 0.537. The molecular formula is C14H23F3N2O5. The molecule has 0 aliphatic heterocycles. The SMILES string of the molecule is COC(=O)[C@H](CCCCNC(=O)C(F)(F)F)NC(=O)OC(C)(C)C. The normalized spacial score (nSPS) is 13.0. The van der Waals surface area contributed by atoms with Crippen LogP contribution in [0, 0.1) is 0 Å². The van der Waals surface area contributed by atoms with Gasteiger partial charge in [-0.15, -0.1) is 0 Å². The van der Waals surface area contributed by atoms with E-state index in [9.17, 15) is 27.6 Å². The number of alkyl halides is 3. The number of esters is 1. The average molecular weight is 356 g/mol. The Hall–Kier alpha value is -2.00. The highest BCUT2D eigenvalue weighted by molar-refractivity contribution is 5.82.